The van der Waals surface area contributed by atoms with E-state index in [0.29, 0.717) is 5.69 Å². The molecular formula is C46H58N10O11S. The number of amides is 5. The van der Waals surface area contributed by atoms with Gasteiger partial charge in [-0.05, 0) is 79.9 Å². The number of ether oxygens (including phenoxy) is 4. The molecule has 3 heterocycles. The molecule has 5 N–H and O–H groups in total. The quantitative estimate of drug-likeness (QED) is 0.0274. The highest BCUT2D eigenvalue weighted by atomic mass is 32.1. The summed E-state index contributed by atoms with van der Waals surface area (Å²) in [7, 11) is 0. The number of nitrogens with zero attached hydrogens (tertiary/aromatic N) is 5. The minimum atomic E-state index is -1.53. The molecule has 6 rings (SSSR count). The van der Waals surface area contributed by atoms with Crippen LogP contribution < -0.4 is 26.6 Å². The van der Waals surface area contributed by atoms with Crippen LogP contribution in [0.3, 0.4) is 0 Å². The molecule has 1 aliphatic heterocycles. The van der Waals surface area contributed by atoms with E-state index in [9.17, 15) is 28.8 Å². The van der Waals surface area contributed by atoms with Crippen LogP contribution in [0.5, 0.6) is 0 Å². The molecule has 1 aliphatic carbocycles. The molecule has 2 fully saturated rings. The predicted octanol–water partition coefficient (Wildman–Crippen LogP) is 5.83. The van der Waals surface area contributed by atoms with Crippen molar-refractivity contribution in [1.29, 1.82) is 0 Å². The number of carbonyl (C=O) groups excluding carboxylic acids is 6. The average molecular weight is 959 g/mol. The normalized spacial score (nSPS) is 17.1. The molecule has 68 heavy (non-hydrogen) atoms. The Kier molecular flexibility index (Phi) is 15.4. The number of rotatable bonds is 17. The molecule has 4 aromatic rings. The summed E-state index contributed by atoms with van der Waals surface area (Å²) in [6.07, 6.45) is -0.803. The minimum Gasteiger partial charge on any atom is -0.450 e. The SMILES string of the molecule is CC(C)(C)OC(=O)NCC[C@H](NC(=O)OC(C)(C)C)c1cnn(C[C@H]2NC(=O)[C@H]2NC(=O)/C(=N/OC2(C(=O)OC(c3ccccc3)c3ccccc3)CC2)c2csc(NC(=O)OC(C)(C)C)n2)n1. The number of alkyl carbamates (subject to hydrolysis) is 2. The van der Waals surface area contributed by atoms with Crippen molar-refractivity contribution in [3.63, 3.8) is 0 Å². The van der Waals surface area contributed by atoms with Crippen molar-refractivity contribution in [1.82, 2.24) is 41.2 Å². The number of anilines is 1. The molecule has 2 aromatic carbocycles. The molecule has 0 spiro atoms. The zero-order valence-corrected chi connectivity index (χ0v) is 40.2. The van der Waals surface area contributed by atoms with Crippen LogP contribution >= 0.6 is 11.3 Å². The standard InChI is InChI=1S/C46H58N10O11S/c1-43(2,3)64-40(60)47-23-20-29(51-41(61)65-44(4,5)6)30-24-48-56(54-30)25-31-33(36(57)49-31)52-37(58)34(32-26-68-39(50-32)53-42(62)66-45(7,8)9)55-67-46(21-22-46)38(59)63-35(27-16-12-10-13-17-27)28-18-14-11-15-19-28/h10-19,24,26,29,31,33,35H,20-23,25H2,1-9H3,(H,47,60)(H,49,57)(H,51,61)(H,52,58)(H,50,53,62)/b55-34+/t29-,31+,33-/m0/s1. The molecule has 0 unspecified atom stereocenters. The second kappa shape index (κ2) is 20.8. The Bertz CT molecular complexity index is 2430. The Morgan fingerprint density at radius 2 is 1.44 bits per heavy atom. The molecule has 21 nitrogen and oxygen atoms in total. The summed E-state index contributed by atoms with van der Waals surface area (Å²) in [5.74, 6) is -2.10. The first-order chi connectivity index (χ1) is 32.0. The highest BCUT2D eigenvalue weighted by Gasteiger charge is 2.56. The van der Waals surface area contributed by atoms with E-state index in [1.54, 1.807) is 62.3 Å². The maximum absolute atomic E-state index is 14.2. The Morgan fingerprint density at radius 3 is 2.01 bits per heavy atom. The van der Waals surface area contributed by atoms with Crippen LogP contribution in [-0.2, 0) is 44.7 Å². The number of thiazole rings is 1. The maximum atomic E-state index is 14.2. The zero-order valence-electron chi connectivity index (χ0n) is 39.4. The largest absolute Gasteiger partial charge is 0.450 e. The smallest absolute Gasteiger partial charge is 0.413 e. The van der Waals surface area contributed by atoms with Gasteiger partial charge < -0.3 is 45.1 Å². The molecule has 0 bridgehead atoms. The van der Waals surface area contributed by atoms with E-state index in [1.807, 2.05) is 60.7 Å². The van der Waals surface area contributed by atoms with Gasteiger partial charge in [-0.1, -0.05) is 65.8 Å². The van der Waals surface area contributed by atoms with E-state index in [2.05, 4.69) is 46.9 Å². The van der Waals surface area contributed by atoms with Crippen molar-refractivity contribution in [2.24, 2.45) is 5.16 Å². The number of aromatic nitrogens is 4. The van der Waals surface area contributed by atoms with Crippen molar-refractivity contribution >= 4 is 58.2 Å². The van der Waals surface area contributed by atoms with Crippen LogP contribution in [0.25, 0.3) is 0 Å². The Hall–Kier alpha value is -7.10. The minimum absolute atomic E-state index is 0.0193. The monoisotopic (exact) mass is 958 g/mol. The van der Waals surface area contributed by atoms with E-state index >= 15 is 0 Å². The molecule has 1 saturated carbocycles. The number of hydrogen-bond acceptors (Lipinski definition) is 16. The second-order valence-electron chi connectivity index (χ2n) is 19.1. The second-order valence-corrected chi connectivity index (χ2v) is 20.0. The van der Waals surface area contributed by atoms with Gasteiger partial charge in [0.2, 0.25) is 11.5 Å². The number of nitrogens with one attached hydrogen (secondary N) is 5. The van der Waals surface area contributed by atoms with Crippen LogP contribution in [0, 0.1) is 0 Å². The van der Waals surface area contributed by atoms with Crippen LogP contribution in [0.2, 0.25) is 0 Å². The summed E-state index contributed by atoms with van der Waals surface area (Å²) in [5, 5.41) is 28.0. The van der Waals surface area contributed by atoms with E-state index in [4.69, 9.17) is 23.8 Å². The molecule has 5 amide bonds. The predicted molar refractivity (Wildman–Crippen MR) is 247 cm³/mol. The van der Waals surface area contributed by atoms with Gasteiger partial charge in [-0.2, -0.15) is 15.0 Å². The summed E-state index contributed by atoms with van der Waals surface area (Å²) in [5.41, 5.74) is -2.47. The fourth-order valence-corrected chi connectivity index (χ4v) is 7.17. The summed E-state index contributed by atoms with van der Waals surface area (Å²) in [4.78, 5) is 90.5. The number of β-lactam (4-membered cyclic amide) rings is 1. The Balaban J connectivity index is 1.18. The van der Waals surface area contributed by atoms with Gasteiger partial charge in [0.05, 0.1) is 24.8 Å². The van der Waals surface area contributed by atoms with Crippen LogP contribution in [0.15, 0.2) is 77.4 Å². The third-order valence-corrected chi connectivity index (χ3v) is 10.5. The molecule has 2 aliphatic rings. The molecule has 364 valence electrons. The molecule has 2 aromatic heterocycles. The summed E-state index contributed by atoms with van der Waals surface area (Å²) >= 11 is 0.978. The number of benzene rings is 2. The summed E-state index contributed by atoms with van der Waals surface area (Å²) < 4.78 is 22.2. The maximum Gasteiger partial charge on any atom is 0.413 e. The van der Waals surface area contributed by atoms with Gasteiger partial charge in [0, 0.05) is 24.8 Å². The fourth-order valence-electron chi connectivity index (χ4n) is 6.49. The van der Waals surface area contributed by atoms with Gasteiger partial charge in [-0.25, -0.2) is 24.2 Å². The van der Waals surface area contributed by atoms with Crippen molar-refractivity contribution in [3.8, 4) is 0 Å². The van der Waals surface area contributed by atoms with Crippen LogP contribution in [0.4, 0.5) is 19.5 Å². The lowest BCUT2D eigenvalue weighted by molar-refractivity contribution is -0.164. The van der Waals surface area contributed by atoms with Gasteiger partial charge >= 0.3 is 24.2 Å². The fraction of sp³-hybridized carbons (Fsp3) is 0.478. The lowest BCUT2D eigenvalue weighted by Gasteiger charge is -2.36. The number of oxime groups is 1. The van der Waals surface area contributed by atoms with E-state index in [-0.39, 0.29) is 43.2 Å². The highest BCUT2D eigenvalue weighted by Crippen LogP contribution is 2.43. The first-order valence-corrected chi connectivity index (χ1v) is 22.8. The Labute approximate surface area is 397 Å². The lowest BCUT2D eigenvalue weighted by Crippen LogP contribution is -2.70. The number of esters is 1. The van der Waals surface area contributed by atoms with Crippen LogP contribution in [-0.4, -0.2) is 103 Å². The summed E-state index contributed by atoms with van der Waals surface area (Å²) in [6.45, 7) is 15.6. The van der Waals surface area contributed by atoms with Gasteiger partial charge in [-0.3, -0.25) is 14.9 Å². The molecule has 3 atom stereocenters. The third-order valence-electron chi connectivity index (χ3n) is 9.75. The van der Waals surface area contributed by atoms with Crippen molar-refractivity contribution in [2.45, 2.75) is 135 Å². The van der Waals surface area contributed by atoms with Crippen molar-refractivity contribution < 1.29 is 52.6 Å². The third kappa shape index (κ3) is 14.4. The molecule has 0 radical (unpaired) electrons. The van der Waals surface area contributed by atoms with Gasteiger partial charge in [0.15, 0.2) is 16.9 Å². The molecule has 1 saturated heterocycles. The van der Waals surface area contributed by atoms with Crippen molar-refractivity contribution in [2.75, 3.05) is 11.9 Å². The number of carbonyl (C=O) groups is 6. The van der Waals surface area contributed by atoms with E-state index in [0.717, 1.165) is 22.5 Å². The van der Waals surface area contributed by atoms with E-state index in [1.165, 1.54) is 16.4 Å². The van der Waals surface area contributed by atoms with E-state index < -0.39 is 88.4 Å². The van der Waals surface area contributed by atoms with Gasteiger partial charge in [-0.15, -0.1) is 11.3 Å². The Morgan fingerprint density at radius 1 is 0.853 bits per heavy atom. The van der Waals surface area contributed by atoms with Gasteiger partial charge in [0.25, 0.3) is 5.91 Å². The van der Waals surface area contributed by atoms with Crippen LogP contribution in [0.1, 0.15) is 116 Å². The summed E-state index contributed by atoms with van der Waals surface area (Å²) in [6, 6.07) is 15.8. The first kappa shape index (κ1) is 50.3. The molecule has 22 heteroatoms. The molecular weight excluding hydrogens is 901 g/mol. The number of hydrogen-bond donors (Lipinski definition) is 5. The average Bonchev–Trinajstić information content (AvgIpc) is 3.65. The van der Waals surface area contributed by atoms with Gasteiger partial charge in [0.1, 0.15) is 34.2 Å². The lowest BCUT2D eigenvalue weighted by atomic mass is 9.98. The first-order valence-electron chi connectivity index (χ1n) is 22.0. The topological polar surface area (TPSA) is 265 Å². The van der Waals surface area contributed by atoms with Crippen molar-refractivity contribution in [3.05, 3.63) is 94.8 Å². The zero-order chi connectivity index (χ0) is 49.4. The highest BCUT2D eigenvalue weighted by molar-refractivity contribution is 7.14.